The minimum atomic E-state index is 0.553. The van der Waals surface area contributed by atoms with E-state index in [1.165, 1.54) is 0 Å². The average molecular weight is 286 g/mol. The molecule has 0 spiro atoms. The van der Waals surface area contributed by atoms with E-state index in [0.717, 1.165) is 29.0 Å². The van der Waals surface area contributed by atoms with Crippen LogP contribution >= 0.6 is 0 Å². The first-order valence-corrected chi connectivity index (χ1v) is 7.15. The molecule has 0 saturated heterocycles. The van der Waals surface area contributed by atoms with Crippen LogP contribution in [-0.4, -0.2) is 13.2 Å². The molecule has 0 saturated carbocycles. The lowest BCUT2D eigenvalue weighted by molar-refractivity contribution is 0.247. The highest BCUT2D eigenvalue weighted by Gasteiger charge is 1.97. The summed E-state index contributed by atoms with van der Waals surface area (Å²) in [5.74, 6) is 1.72. The summed E-state index contributed by atoms with van der Waals surface area (Å²) in [6.07, 6.45) is 0.831. The Morgan fingerprint density at radius 1 is 0.619 bits per heavy atom. The van der Waals surface area contributed by atoms with E-state index in [2.05, 4.69) is 0 Å². The molecular formula is C17H22N2O2. The van der Waals surface area contributed by atoms with Crippen molar-refractivity contribution < 1.29 is 9.47 Å². The second-order valence-electron chi connectivity index (χ2n) is 4.75. The van der Waals surface area contributed by atoms with Crippen molar-refractivity contribution in [2.24, 2.45) is 11.5 Å². The van der Waals surface area contributed by atoms with Crippen LogP contribution in [0.3, 0.4) is 0 Å². The molecule has 0 fully saturated rings. The average Bonchev–Trinajstić information content (AvgIpc) is 2.55. The molecule has 4 nitrogen and oxygen atoms in total. The van der Waals surface area contributed by atoms with E-state index in [-0.39, 0.29) is 0 Å². The quantitative estimate of drug-likeness (QED) is 0.731. The smallest absolute Gasteiger partial charge is 0.119 e. The summed E-state index contributed by atoms with van der Waals surface area (Å²) in [6.45, 7) is 2.36. The first-order chi connectivity index (χ1) is 10.3. The summed E-state index contributed by atoms with van der Waals surface area (Å²) in [6, 6.07) is 15.7. The second-order valence-corrected chi connectivity index (χ2v) is 4.75. The molecule has 0 aliphatic heterocycles. The number of ether oxygens (including phenoxy) is 2. The Kier molecular flexibility index (Phi) is 6.06. The molecule has 0 amide bonds. The van der Waals surface area contributed by atoms with Crippen molar-refractivity contribution >= 4 is 0 Å². The van der Waals surface area contributed by atoms with Crippen molar-refractivity contribution in [2.45, 2.75) is 19.5 Å². The first kappa shape index (κ1) is 15.4. The van der Waals surface area contributed by atoms with Gasteiger partial charge in [0.25, 0.3) is 0 Å². The normalized spacial score (nSPS) is 10.4. The summed E-state index contributed by atoms with van der Waals surface area (Å²) in [7, 11) is 0. The lowest BCUT2D eigenvalue weighted by Crippen LogP contribution is -2.05. The van der Waals surface area contributed by atoms with E-state index < -0.39 is 0 Å². The van der Waals surface area contributed by atoms with Crippen LogP contribution in [0.5, 0.6) is 11.5 Å². The molecule has 0 aliphatic carbocycles. The van der Waals surface area contributed by atoms with Crippen LogP contribution in [0.15, 0.2) is 48.5 Å². The number of nitrogens with two attached hydrogens (primary N) is 2. The lowest BCUT2D eigenvalue weighted by Gasteiger charge is -2.09. The predicted octanol–water partition coefficient (Wildman–Crippen LogP) is 2.45. The van der Waals surface area contributed by atoms with Gasteiger partial charge in [0.1, 0.15) is 11.5 Å². The van der Waals surface area contributed by atoms with Gasteiger partial charge in [-0.15, -0.1) is 0 Å². The molecule has 112 valence electrons. The van der Waals surface area contributed by atoms with Gasteiger partial charge in [-0.05, 0) is 35.4 Å². The SMILES string of the molecule is NCc1ccc(OCCCOc2ccc(CN)cc2)cc1. The van der Waals surface area contributed by atoms with E-state index in [1.54, 1.807) is 0 Å². The Balaban J connectivity index is 1.64. The molecule has 0 unspecified atom stereocenters. The monoisotopic (exact) mass is 286 g/mol. The van der Waals surface area contributed by atoms with Crippen molar-refractivity contribution in [1.82, 2.24) is 0 Å². The van der Waals surface area contributed by atoms with Crippen LogP contribution in [-0.2, 0) is 13.1 Å². The van der Waals surface area contributed by atoms with Crippen molar-refractivity contribution in [3.63, 3.8) is 0 Å². The fraction of sp³-hybridized carbons (Fsp3) is 0.294. The number of hydrogen-bond donors (Lipinski definition) is 2. The maximum Gasteiger partial charge on any atom is 0.119 e. The van der Waals surface area contributed by atoms with E-state index in [1.807, 2.05) is 48.5 Å². The van der Waals surface area contributed by atoms with Crippen LogP contribution in [0.4, 0.5) is 0 Å². The van der Waals surface area contributed by atoms with Gasteiger partial charge in [0, 0.05) is 19.5 Å². The highest BCUT2D eigenvalue weighted by Crippen LogP contribution is 2.13. The van der Waals surface area contributed by atoms with E-state index in [4.69, 9.17) is 20.9 Å². The standard InChI is InChI=1S/C17H22N2O2/c18-12-14-2-6-16(7-3-14)20-10-1-11-21-17-8-4-15(13-19)5-9-17/h2-9H,1,10-13,18-19H2. The third kappa shape index (κ3) is 5.10. The van der Waals surface area contributed by atoms with E-state index in [0.29, 0.717) is 26.3 Å². The summed E-state index contributed by atoms with van der Waals surface area (Å²) >= 11 is 0. The molecule has 4 heteroatoms. The summed E-state index contributed by atoms with van der Waals surface area (Å²) in [5, 5.41) is 0. The minimum Gasteiger partial charge on any atom is -0.493 e. The molecule has 0 radical (unpaired) electrons. The Morgan fingerprint density at radius 2 is 1.00 bits per heavy atom. The van der Waals surface area contributed by atoms with Crippen molar-refractivity contribution in [2.75, 3.05) is 13.2 Å². The van der Waals surface area contributed by atoms with Crippen molar-refractivity contribution in [1.29, 1.82) is 0 Å². The zero-order valence-corrected chi connectivity index (χ0v) is 12.1. The Labute approximate surface area is 125 Å². The van der Waals surface area contributed by atoms with Crippen LogP contribution in [0.2, 0.25) is 0 Å². The maximum atomic E-state index is 5.64. The fourth-order valence-corrected chi connectivity index (χ4v) is 1.88. The highest BCUT2D eigenvalue weighted by atomic mass is 16.5. The van der Waals surface area contributed by atoms with Crippen LogP contribution in [0, 0.1) is 0 Å². The van der Waals surface area contributed by atoms with Crippen LogP contribution < -0.4 is 20.9 Å². The van der Waals surface area contributed by atoms with Crippen LogP contribution in [0.25, 0.3) is 0 Å². The molecule has 2 aromatic rings. The van der Waals surface area contributed by atoms with Gasteiger partial charge in [0.2, 0.25) is 0 Å². The Bertz CT molecular complexity index is 474. The number of rotatable bonds is 8. The van der Waals surface area contributed by atoms with Gasteiger partial charge >= 0.3 is 0 Å². The molecule has 0 aromatic heterocycles. The Morgan fingerprint density at radius 3 is 1.33 bits per heavy atom. The second kappa shape index (κ2) is 8.29. The highest BCUT2D eigenvalue weighted by molar-refractivity contribution is 5.27. The summed E-state index contributed by atoms with van der Waals surface area (Å²) in [4.78, 5) is 0. The van der Waals surface area contributed by atoms with Gasteiger partial charge in [-0.25, -0.2) is 0 Å². The summed E-state index contributed by atoms with van der Waals surface area (Å²) in [5.41, 5.74) is 13.3. The zero-order valence-electron chi connectivity index (χ0n) is 12.1. The maximum absolute atomic E-state index is 5.64. The number of hydrogen-bond acceptors (Lipinski definition) is 4. The topological polar surface area (TPSA) is 70.5 Å². The third-order valence-corrected chi connectivity index (χ3v) is 3.14. The van der Waals surface area contributed by atoms with E-state index >= 15 is 0 Å². The van der Waals surface area contributed by atoms with E-state index in [9.17, 15) is 0 Å². The third-order valence-electron chi connectivity index (χ3n) is 3.14. The first-order valence-electron chi connectivity index (χ1n) is 7.15. The molecule has 21 heavy (non-hydrogen) atoms. The van der Waals surface area contributed by atoms with Gasteiger partial charge in [-0.1, -0.05) is 24.3 Å². The van der Waals surface area contributed by atoms with Crippen molar-refractivity contribution in [3.8, 4) is 11.5 Å². The lowest BCUT2D eigenvalue weighted by atomic mass is 10.2. The summed E-state index contributed by atoms with van der Waals surface area (Å²) < 4.78 is 11.3. The minimum absolute atomic E-state index is 0.553. The van der Waals surface area contributed by atoms with Gasteiger partial charge in [0.05, 0.1) is 13.2 Å². The van der Waals surface area contributed by atoms with Gasteiger partial charge in [-0.2, -0.15) is 0 Å². The van der Waals surface area contributed by atoms with Gasteiger partial charge in [0.15, 0.2) is 0 Å². The molecule has 0 heterocycles. The zero-order chi connectivity index (χ0) is 14.9. The predicted molar refractivity (Wildman–Crippen MR) is 84.3 cm³/mol. The largest absolute Gasteiger partial charge is 0.493 e. The molecule has 2 rings (SSSR count). The van der Waals surface area contributed by atoms with Crippen LogP contribution in [0.1, 0.15) is 17.5 Å². The van der Waals surface area contributed by atoms with Gasteiger partial charge < -0.3 is 20.9 Å². The molecule has 0 aliphatic rings. The molecule has 2 aromatic carbocycles. The molecule has 4 N–H and O–H groups in total. The fourth-order valence-electron chi connectivity index (χ4n) is 1.88. The molecule has 0 bridgehead atoms. The van der Waals surface area contributed by atoms with Gasteiger partial charge in [-0.3, -0.25) is 0 Å². The molecule has 0 atom stereocenters. The molecular weight excluding hydrogens is 264 g/mol. The number of benzene rings is 2. The van der Waals surface area contributed by atoms with Crippen molar-refractivity contribution in [3.05, 3.63) is 59.7 Å². The Hall–Kier alpha value is -2.04.